The lowest BCUT2D eigenvalue weighted by Gasteiger charge is -2.16. The number of alkyl halides is 3. The van der Waals surface area contributed by atoms with E-state index in [9.17, 15) is 48.3 Å². The molecule has 1 nitrogen and oxygen atoms in total. The molecule has 0 amide bonds. The molecule has 27 heavy (non-hydrogen) atoms. The number of rotatable bonds is 2. The summed E-state index contributed by atoms with van der Waals surface area (Å²) in [4.78, 5) is 0. The van der Waals surface area contributed by atoms with E-state index in [-0.39, 0.29) is 0 Å². The van der Waals surface area contributed by atoms with Gasteiger partial charge in [0.05, 0.1) is 23.6 Å². The summed E-state index contributed by atoms with van der Waals surface area (Å²) in [5.74, 6) is -21.7. The van der Waals surface area contributed by atoms with Gasteiger partial charge in [-0.25, -0.2) is 35.1 Å². The lowest BCUT2D eigenvalue weighted by atomic mass is 9.96. The van der Waals surface area contributed by atoms with Crippen LogP contribution in [0.2, 0.25) is 0 Å². The third-order valence-corrected chi connectivity index (χ3v) is 3.41. The zero-order valence-corrected chi connectivity index (χ0v) is 12.3. The van der Waals surface area contributed by atoms with Crippen molar-refractivity contribution in [3.63, 3.8) is 0 Å². The topological polar surface area (TPSA) is 23.8 Å². The van der Waals surface area contributed by atoms with Gasteiger partial charge < -0.3 is 0 Å². The van der Waals surface area contributed by atoms with Crippen molar-refractivity contribution >= 4 is 0 Å². The molecule has 0 N–H and O–H groups in total. The molecular formula is C15H2F11N. The largest absolute Gasteiger partial charge is 0.422 e. The van der Waals surface area contributed by atoms with Gasteiger partial charge in [-0.3, -0.25) is 0 Å². The van der Waals surface area contributed by atoms with E-state index in [0.29, 0.717) is 0 Å². The van der Waals surface area contributed by atoms with Gasteiger partial charge in [-0.1, -0.05) is 0 Å². The van der Waals surface area contributed by atoms with Gasteiger partial charge in [-0.05, 0) is 0 Å². The maximum atomic E-state index is 14.0. The number of nitriles is 1. The molecule has 2 rings (SSSR count). The molecule has 2 aromatic rings. The van der Waals surface area contributed by atoms with Crippen LogP contribution in [-0.2, 0) is 12.6 Å². The summed E-state index contributed by atoms with van der Waals surface area (Å²) >= 11 is 0. The van der Waals surface area contributed by atoms with Gasteiger partial charge in [0.2, 0.25) is 0 Å². The quantitative estimate of drug-likeness (QED) is 0.475. The van der Waals surface area contributed by atoms with Crippen LogP contribution in [0, 0.1) is 57.9 Å². The molecule has 2 aromatic carbocycles. The Morgan fingerprint density at radius 3 is 1.22 bits per heavy atom. The number of benzene rings is 2. The van der Waals surface area contributed by atoms with E-state index < -0.39 is 81.4 Å². The van der Waals surface area contributed by atoms with Gasteiger partial charge in [0, 0.05) is 5.56 Å². The van der Waals surface area contributed by atoms with Gasteiger partial charge in [-0.2, -0.15) is 18.4 Å². The van der Waals surface area contributed by atoms with Crippen LogP contribution in [-0.4, -0.2) is 0 Å². The molecule has 0 fully saturated rings. The molecule has 0 aliphatic carbocycles. The van der Waals surface area contributed by atoms with Crippen molar-refractivity contribution in [3.05, 3.63) is 57.7 Å². The van der Waals surface area contributed by atoms with Crippen molar-refractivity contribution in [1.82, 2.24) is 0 Å². The number of hydrogen-bond acceptors (Lipinski definition) is 1. The Bertz CT molecular complexity index is 927. The summed E-state index contributed by atoms with van der Waals surface area (Å²) in [6, 6.07) is 1.14. The van der Waals surface area contributed by atoms with E-state index >= 15 is 0 Å². The highest BCUT2D eigenvalue weighted by molar-refractivity contribution is 5.68. The fraction of sp³-hybridized carbons (Fsp3) is 0.133. The van der Waals surface area contributed by atoms with Crippen LogP contribution in [0.5, 0.6) is 0 Å². The first-order chi connectivity index (χ1) is 12.4. The first-order valence-corrected chi connectivity index (χ1v) is 6.51. The third-order valence-electron chi connectivity index (χ3n) is 3.41. The Hall–Kier alpha value is -2.84. The number of halogens is 11. The second-order valence-corrected chi connectivity index (χ2v) is 4.95. The summed E-state index contributed by atoms with van der Waals surface area (Å²) in [5, 5.41) is 8.35. The average molecular weight is 405 g/mol. The highest BCUT2D eigenvalue weighted by Crippen LogP contribution is 2.42. The monoisotopic (exact) mass is 405 g/mol. The first kappa shape index (κ1) is 20.5. The molecule has 0 bridgehead atoms. The third kappa shape index (κ3) is 3.07. The predicted molar refractivity (Wildman–Crippen MR) is 65.9 cm³/mol. The van der Waals surface area contributed by atoms with E-state index in [1.165, 1.54) is 0 Å². The maximum absolute atomic E-state index is 14.0. The van der Waals surface area contributed by atoms with Crippen LogP contribution in [0.15, 0.2) is 0 Å². The lowest BCUT2D eigenvalue weighted by Crippen LogP contribution is -2.17. The summed E-state index contributed by atoms with van der Waals surface area (Å²) < 4.78 is 148. The Morgan fingerprint density at radius 1 is 0.593 bits per heavy atom. The summed E-state index contributed by atoms with van der Waals surface area (Å²) in [6.07, 6.45) is -7.16. The van der Waals surface area contributed by atoms with Crippen molar-refractivity contribution in [3.8, 4) is 17.2 Å². The molecule has 0 aromatic heterocycles. The highest BCUT2D eigenvalue weighted by atomic mass is 19.4. The SMILES string of the molecule is N#CCc1c(F)c(F)c(-c2c(F)c(F)c(C(F)(F)F)c(F)c2F)c(F)c1F. The number of hydrogen-bond donors (Lipinski definition) is 0. The Morgan fingerprint density at radius 2 is 0.926 bits per heavy atom. The molecule has 0 unspecified atom stereocenters. The Kier molecular flexibility index (Phi) is 5.09. The van der Waals surface area contributed by atoms with Gasteiger partial charge in [0.15, 0.2) is 46.5 Å². The van der Waals surface area contributed by atoms with Crippen LogP contribution < -0.4 is 0 Å². The van der Waals surface area contributed by atoms with Crippen molar-refractivity contribution in [2.24, 2.45) is 0 Å². The summed E-state index contributed by atoms with van der Waals surface area (Å²) in [6.45, 7) is 0. The zero-order chi connectivity index (χ0) is 20.8. The van der Waals surface area contributed by atoms with Gasteiger partial charge in [0.25, 0.3) is 0 Å². The second-order valence-electron chi connectivity index (χ2n) is 4.95. The average Bonchev–Trinajstić information content (AvgIpc) is 2.57. The Balaban J connectivity index is 3.00. The molecular weight excluding hydrogens is 403 g/mol. The number of nitrogens with zero attached hydrogens (tertiary/aromatic N) is 1. The van der Waals surface area contributed by atoms with Crippen molar-refractivity contribution in [2.45, 2.75) is 12.6 Å². The van der Waals surface area contributed by atoms with Crippen molar-refractivity contribution in [1.29, 1.82) is 5.26 Å². The van der Waals surface area contributed by atoms with Crippen LogP contribution in [0.3, 0.4) is 0 Å². The van der Waals surface area contributed by atoms with Crippen LogP contribution >= 0.6 is 0 Å². The minimum Gasteiger partial charge on any atom is -0.203 e. The fourth-order valence-corrected chi connectivity index (χ4v) is 2.23. The van der Waals surface area contributed by atoms with E-state index in [1.807, 2.05) is 0 Å². The fourth-order valence-electron chi connectivity index (χ4n) is 2.23. The normalized spacial score (nSPS) is 11.6. The van der Waals surface area contributed by atoms with Crippen LogP contribution in [0.1, 0.15) is 11.1 Å². The minimum atomic E-state index is -5.93. The van der Waals surface area contributed by atoms with Crippen LogP contribution in [0.4, 0.5) is 48.3 Å². The van der Waals surface area contributed by atoms with Gasteiger partial charge >= 0.3 is 6.18 Å². The summed E-state index contributed by atoms with van der Waals surface area (Å²) in [5.41, 5.74) is -9.27. The van der Waals surface area contributed by atoms with Gasteiger partial charge in [-0.15, -0.1) is 0 Å². The second kappa shape index (κ2) is 6.71. The molecule has 144 valence electrons. The molecule has 0 saturated heterocycles. The minimum absolute atomic E-state index is 1.14. The zero-order valence-electron chi connectivity index (χ0n) is 12.3. The smallest absolute Gasteiger partial charge is 0.203 e. The van der Waals surface area contributed by atoms with E-state index in [1.54, 1.807) is 0 Å². The van der Waals surface area contributed by atoms with Gasteiger partial charge in [0.1, 0.15) is 5.56 Å². The predicted octanol–water partition coefficient (Wildman–Crippen LogP) is 5.55. The molecule has 0 heterocycles. The standard InChI is InChI=1S/C15H2F11N/c16-7-3(1-2-27)8(17)10(19)4(9(7)18)5-11(20)13(22)6(15(24,25)26)14(23)12(5)21/h1H2. The molecule has 0 radical (unpaired) electrons. The van der Waals surface area contributed by atoms with Crippen molar-refractivity contribution < 1.29 is 48.3 Å². The first-order valence-electron chi connectivity index (χ1n) is 6.51. The lowest BCUT2D eigenvalue weighted by molar-refractivity contribution is -0.143. The maximum Gasteiger partial charge on any atom is 0.422 e. The van der Waals surface area contributed by atoms with Crippen molar-refractivity contribution in [2.75, 3.05) is 0 Å². The Labute approximate surface area is 142 Å². The van der Waals surface area contributed by atoms with E-state index in [0.717, 1.165) is 6.07 Å². The van der Waals surface area contributed by atoms with E-state index in [4.69, 9.17) is 5.26 Å². The molecule has 0 spiro atoms. The summed E-state index contributed by atoms with van der Waals surface area (Å²) in [7, 11) is 0. The highest BCUT2D eigenvalue weighted by Gasteiger charge is 2.43. The van der Waals surface area contributed by atoms with Crippen LogP contribution in [0.25, 0.3) is 11.1 Å². The molecule has 0 aliphatic heterocycles. The molecule has 0 atom stereocenters. The molecule has 12 heteroatoms. The molecule has 0 aliphatic rings. The molecule has 0 saturated carbocycles. The van der Waals surface area contributed by atoms with E-state index in [2.05, 4.69) is 0 Å².